The molecule has 2 aromatic carbocycles. The quantitative estimate of drug-likeness (QED) is 0.721. The summed E-state index contributed by atoms with van der Waals surface area (Å²) in [5.41, 5.74) is 1.35. The highest BCUT2D eigenvalue weighted by molar-refractivity contribution is 8.00. The monoisotopic (exact) mass is 343 g/mol. The van der Waals surface area contributed by atoms with Gasteiger partial charge in [0.25, 0.3) is 0 Å². The van der Waals surface area contributed by atoms with E-state index in [-0.39, 0.29) is 11.7 Å². The number of para-hydroxylation sites is 1. The first-order valence-corrected chi connectivity index (χ1v) is 8.08. The van der Waals surface area contributed by atoms with Gasteiger partial charge in [-0.2, -0.15) is 4.68 Å². The van der Waals surface area contributed by atoms with Gasteiger partial charge in [-0.25, -0.2) is 4.39 Å². The van der Waals surface area contributed by atoms with Crippen molar-refractivity contribution < 1.29 is 9.18 Å². The second-order valence-corrected chi connectivity index (χ2v) is 6.27. The van der Waals surface area contributed by atoms with Crippen LogP contribution in [-0.4, -0.2) is 31.4 Å². The number of benzene rings is 2. The molecular formula is C16H14FN5OS. The lowest BCUT2D eigenvalue weighted by Crippen LogP contribution is -2.22. The molecule has 1 atom stereocenters. The Morgan fingerprint density at radius 2 is 1.88 bits per heavy atom. The number of rotatable bonds is 5. The molecule has 0 aliphatic carbocycles. The van der Waals surface area contributed by atoms with E-state index in [4.69, 9.17) is 0 Å². The second kappa shape index (κ2) is 7.22. The number of halogens is 1. The number of anilines is 1. The molecule has 8 heteroatoms. The number of nitrogens with one attached hydrogen (secondary N) is 1. The molecule has 0 aliphatic rings. The summed E-state index contributed by atoms with van der Waals surface area (Å²) in [6.07, 6.45) is 0. The molecule has 0 radical (unpaired) electrons. The third-order valence-electron chi connectivity index (χ3n) is 3.20. The van der Waals surface area contributed by atoms with Crippen LogP contribution in [0.15, 0.2) is 59.8 Å². The zero-order valence-electron chi connectivity index (χ0n) is 12.8. The van der Waals surface area contributed by atoms with Crippen LogP contribution in [-0.2, 0) is 4.79 Å². The highest BCUT2D eigenvalue weighted by Crippen LogP contribution is 2.23. The molecule has 3 aromatic rings. The van der Waals surface area contributed by atoms with Crippen LogP contribution in [0.1, 0.15) is 6.92 Å². The molecule has 0 fully saturated rings. The van der Waals surface area contributed by atoms with Crippen molar-refractivity contribution in [1.82, 2.24) is 20.2 Å². The molecule has 1 N–H and O–H groups in total. The molecule has 1 amide bonds. The van der Waals surface area contributed by atoms with E-state index in [2.05, 4.69) is 20.8 Å². The first-order valence-electron chi connectivity index (χ1n) is 7.20. The normalized spacial score (nSPS) is 11.9. The van der Waals surface area contributed by atoms with Gasteiger partial charge < -0.3 is 5.32 Å². The Morgan fingerprint density at radius 1 is 1.17 bits per heavy atom. The third kappa shape index (κ3) is 3.77. The lowest BCUT2D eigenvalue weighted by atomic mass is 10.3. The van der Waals surface area contributed by atoms with Gasteiger partial charge in [0, 0.05) is 5.69 Å². The number of amides is 1. The van der Waals surface area contributed by atoms with E-state index >= 15 is 0 Å². The summed E-state index contributed by atoms with van der Waals surface area (Å²) >= 11 is 1.24. The predicted molar refractivity (Wildman–Crippen MR) is 89.5 cm³/mol. The van der Waals surface area contributed by atoms with Gasteiger partial charge >= 0.3 is 0 Å². The van der Waals surface area contributed by atoms with E-state index in [1.165, 1.54) is 36.0 Å². The van der Waals surface area contributed by atoms with Crippen molar-refractivity contribution in [3.8, 4) is 5.69 Å². The second-order valence-electron chi connectivity index (χ2n) is 4.97. The van der Waals surface area contributed by atoms with Gasteiger partial charge in [0.1, 0.15) is 5.82 Å². The van der Waals surface area contributed by atoms with Crippen LogP contribution in [0, 0.1) is 5.82 Å². The van der Waals surface area contributed by atoms with Crippen LogP contribution >= 0.6 is 11.8 Å². The molecular weight excluding hydrogens is 329 g/mol. The maximum absolute atomic E-state index is 12.9. The van der Waals surface area contributed by atoms with Crippen molar-refractivity contribution in [2.75, 3.05) is 5.32 Å². The first-order chi connectivity index (χ1) is 11.6. The topological polar surface area (TPSA) is 72.7 Å². The Balaban J connectivity index is 1.69. The Kier molecular flexibility index (Phi) is 4.85. The molecule has 0 saturated heterocycles. The SMILES string of the molecule is C[C@@H](Sc1nnnn1-c1ccccc1)C(=O)Nc1ccc(F)cc1. The largest absolute Gasteiger partial charge is 0.325 e. The minimum atomic E-state index is -0.427. The van der Waals surface area contributed by atoms with Gasteiger partial charge in [-0.15, -0.1) is 5.10 Å². The zero-order valence-corrected chi connectivity index (χ0v) is 13.6. The smallest absolute Gasteiger partial charge is 0.237 e. The fraction of sp³-hybridized carbons (Fsp3) is 0.125. The van der Waals surface area contributed by atoms with Gasteiger partial charge in [0.2, 0.25) is 11.1 Å². The molecule has 6 nitrogen and oxygen atoms in total. The van der Waals surface area contributed by atoms with Crippen molar-refractivity contribution in [1.29, 1.82) is 0 Å². The summed E-state index contributed by atoms with van der Waals surface area (Å²) in [4.78, 5) is 12.3. The standard InChI is InChI=1S/C16H14FN5OS/c1-11(15(23)18-13-9-7-12(17)8-10-13)24-16-19-20-21-22(16)14-5-3-2-4-6-14/h2-11H,1H3,(H,18,23)/t11-/m1/s1. The molecule has 0 unspecified atom stereocenters. The Morgan fingerprint density at radius 3 is 2.58 bits per heavy atom. The van der Waals surface area contributed by atoms with Crippen LogP contribution in [0.3, 0.4) is 0 Å². The summed E-state index contributed by atoms with van der Waals surface area (Å²) in [5.74, 6) is -0.563. The van der Waals surface area contributed by atoms with Crippen molar-refractivity contribution in [3.63, 3.8) is 0 Å². The van der Waals surface area contributed by atoms with E-state index in [0.717, 1.165) is 5.69 Å². The first kappa shape index (κ1) is 16.1. The van der Waals surface area contributed by atoms with Gasteiger partial charge in [-0.3, -0.25) is 4.79 Å². The predicted octanol–water partition coefficient (Wildman–Crippen LogP) is 2.92. The molecule has 3 rings (SSSR count). The third-order valence-corrected chi connectivity index (χ3v) is 4.24. The molecule has 0 bridgehead atoms. The van der Waals surface area contributed by atoms with E-state index in [0.29, 0.717) is 10.8 Å². The van der Waals surface area contributed by atoms with Gasteiger partial charge in [-0.05, 0) is 53.7 Å². The maximum Gasteiger partial charge on any atom is 0.237 e. The number of aromatic nitrogens is 4. The highest BCUT2D eigenvalue weighted by atomic mass is 32.2. The van der Waals surface area contributed by atoms with Crippen LogP contribution in [0.4, 0.5) is 10.1 Å². The van der Waals surface area contributed by atoms with Crippen LogP contribution in [0.5, 0.6) is 0 Å². The summed E-state index contributed by atoms with van der Waals surface area (Å²) < 4.78 is 14.5. The molecule has 0 spiro atoms. The van der Waals surface area contributed by atoms with Gasteiger partial charge in [0.15, 0.2) is 0 Å². The molecule has 1 aromatic heterocycles. The van der Waals surface area contributed by atoms with Crippen LogP contribution in [0.2, 0.25) is 0 Å². The number of nitrogens with zero attached hydrogens (tertiary/aromatic N) is 4. The average molecular weight is 343 g/mol. The van der Waals surface area contributed by atoms with E-state index < -0.39 is 5.25 Å². The molecule has 0 saturated carbocycles. The Labute approximate surface area is 142 Å². The highest BCUT2D eigenvalue weighted by Gasteiger charge is 2.19. The summed E-state index contributed by atoms with van der Waals surface area (Å²) in [6, 6.07) is 15.0. The summed E-state index contributed by atoms with van der Waals surface area (Å²) in [6.45, 7) is 1.76. The number of carbonyl (C=O) groups excluding carboxylic acids is 1. The maximum atomic E-state index is 12.9. The lowest BCUT2D eigenvalue weighted by Gasteiger charge is -2.11. The number of tetrazole rings is 1. The number of carbonyl (C=O) groups is 1. The number of hydrogen-bond acceptors (Lipinski definition) is 5. The van der Waals surface area contributed by atoms with Gasteiger partial charge in [-0.1, -0.05) is 30.0 Å². The van der Waals surface area contributed by atoms with Crippen molar-refractivity contribution in [2.45, 2.75) is 17.3 Å². The van der Waals surface area contributed by atoms with E-state index in [9.17, 15) is 9.18 Å². The molecule has 0 aliphatic heterocycles. The fourth-order valence-corrected chi connectivity index (χ4v) is 2.78. The van der Waals surface area contributed by atoms with Crippen molar-refractivity contribution in [3.05, 3.63) is 60.4 Å². The van der Waals surface area contributed by atoms with E-state index in [1.807, 2.05) is 30.3 Å². The molecule has 24 heavy (non-hydrogen) atoms. The van der Waals surface area contributed by atoms with E-state index in [1.54, 1.807) is 11.6 Å². The minimum Gasteiger partial charge on any atom is -0.325 e. The Bertz CT molecular complexity index is 822. The van der Waals surface area contributed by atoms with Crippen molar-refractivity contribution in [2.24, 2.45) is 0 Å². The Hall–Kier alpha value is -2.74. The van der Waals surface area contributed by atoms with Crippen LogP contribution < -0.4 is 5.32 Å². The average Bonchev–Trinajstić information content (AvgIpc) is 3.05. The molecule has 122 valence electrons. The summed E-state index contributed by atoms with van der Waals surface area (Å²) in [5, 5.41) is 14.4. The zero-order chi connectivity index (χ0) is 16.9. The van der Waals surface area contributed by atoms with Crippen molar-refractivity contribution >= 4 is 23.4 Å². The molecule has 1 heterocycles. The minimum absolute atomic E-state index is 0.214. The number of thioether (sulfide) groups is 1. The fourth-order valence-electron chi connectivity index (χ4n) is 1.97. The summed E-state index contributed by atoms with van der Waals surface area (Å²) in [7, 11) is 0. The number of hydrogen-bond donors (Lipinski definition) is 1. The lowest BCUT2D eigenvalue weighted by molar-refractivity contribution is -0.115. The van der Waals surface area contributed by atoms with Gasteiger partial charge in [0.05, 0.1) is 10.9 Å². The van der Waals surface area contributed by atoms with Crippen LogP contribution in [0.25, 0.3) is 5.69 Å².